The van der Waals surface area contributed by atoms with Gasteiger partial charge in [0.1, 0.15) is 0 Å². The molecule has 0 bridgehead atoms. The molecule has 3 amide bonds. The maximum atomic E-state index is 13.2. The van der Waals surface area contributed by atoms with Gasteiger partial charge >= 0.3 is 6.09 Å². The molecule has 3 atom stereocenters. The second kappa shape index (κ2) is 10.2. The van der Waals surface area contributed by atoms with Gasteiger partial charge < -0.3 is 19.8 Å². The van der Waals surface area contributed by atoms with E-state index in [1.807, 2.05) is 44.2 Å². The molecular formula is C26H27N3O5. The van der Waals surface area contributed by atoms with Crippen molar-refractivity contribution in [2.75, 3.05) is 5.32 Å². The number of furan rings is 1. The fourth-order valence-electron chi connectivity index (χ4n) is 3.78. The van der Waals surface area contributed by atoms with Crippen LogP contribution in [0.25, 0.3) is 0 Å². The number of cyclic esters (lactones) is 1. The van der Waals surface area contributed by atoms with Crippen LogP contribution < -0.4 is 10.6 Å². The lowest BCUT2D eigenvalue weighted by molar-refractivity contribution is -0.127. The summed E-state index contributed by atoms with van der Waals surface area (Å²) in [4.78, 5) is 39.7. The van der Waals surface area contributed by atoms with E-state index in [9.17, 15) is 14.4 Å². The number of carbonyl (C=O) groups excluding carboxylic acids is 3. The van der Waals surface area contributed by atoms with Crippen molar-refractivity contribution in [3.63, 3.8) is 0 Å². The zero-order chi connectivity index (χ0) is 24.1. The largest absolute Gasteiger partial charge is 0.459 e. The highest BCUT2D eigenvalue weighted by atomic mass is 16.6. The molecule has 2 heterocycles. The molecule has 8 nitrogen and oxygen atoms in total. The monoisotopic (exact) mass is 461 g/mol. The number of ether oxygens (including phenoxy) is 1. The third-order valence-electron chi connectivity index (χ3n) is 5.79. The fraction of sp³-hybridized carbons (Fsp3) is 0.269. The molecule has 1 aromatic heterocycles. The molecule has 4 rings (SSSR count). The second-order valence-corrected chi connectivity index (χ2v) is 8.23. The van der Waals surface area contributed by atoms with E-state index in [1.165, 1.54) is 11.2 Å². The Balaban J connectivity index is 1.56. The number of rotatable bonds is 8. The number of carbonyl (C=O) groups is 3. The number of benzene rings is 2. The summed E-state index contributed by atoms with van der Waals surface area (Å²) < 4.78 is 10.8. The first-order valence-electron chi connectivity index (χ1n) is 11.2. The highest BCUT2D eigenvalue weighted by molar-refractivity contribution is 6.02. The molecule has 1 fully saturated rings. The molecule has 2 aromatic carbocycles. The molecule has 2 N–H and O–H groups in total. The van der Waals surface area contributed by atoms with Crippen LogP contribution in [-0.2, 0) is 16.1 Å². The summed E-state index contributed by atoms with van der Waals surface area (Å²) in [5, 5.41) is 5.73. The van der Waals surface area contributed by atoms with Gasteiger partial charge in [-0.3, -0.25) is 14.5 Å². The van der Waals surface area contributed by atoms with Crippen LogP contribution >= 0.6 is 0 Å². The van der Waals surface area contributed by atoms with Crippen molar-refractivity contribution in [3.8, 4) is 0 Å². The van der Waals surface area contributed by atoms with Gasteiger partial charge in [-0.15, -0.1) is 0 Å². The van der Waals surface area contributed by atoms with Crippen molar-refractivity contribution in [1.29, 1.82) is 0 Å². The molecule has 1 aliphatic heterocycles. The van der Waals surface area contributed by atoms with Crippen molar-refractivity contribution in [3.05, 3.63) is 89.9 Å². The number of anilines is 1. The van der Waals surface area contributed by atoms with Crippen molar-refractivity contribution in [2.45, 2.75) is 45.0 Å². The number of hydrogen-bond acceptors (Lipinski definition) is 5. The molecule has 0 saturated carbocycles. The minimum Gasteiger partial charge on any atom is -0.459 e. The lowest BCUT2D eigenvalue weighted by atomic mass is 10.00. The van der Waals surface area contributed by atoms with Gasteiger partial charge in [0.25, 0.3) is 5.91 Å². The topological polar surface area (TPSA) is 101 Å². The third-order valence-corrected chi connectivity index (χ3v) is 5.79. The molecule has 0 aliphatic carbocycles. The van der Waals surface area contributed by atoms with Crippen LogP contribution in [0.1, 0.15) is 48.1 Å². The van der Waals surface area contributed by atoms with Crippen molar-refractivity contribution >= 4 is 23.6 Å². The Labute approximate surface area is 197 Å². The smallest absolute Gasteiger partial charge is 0.411 e. The number of amides is 3. The molecule has 0 radical (unpaired) electrons. The minimum atomic E-state index is -0.828. The summed E-state index contributed by atoms with van der Waals surface area (Å²) >= 11 is 0. The van der Waals surface area contributed by atoms with Gasteiger partial charge in [-0.25, -0.2) is 4.79 Å². The summed E-state index contributed by atoms with van der Waals surface area (Å²) in [6.07, 6.45) is 0.863. The predicted octanol–water partition coefficient (Wildman–Crippen LogP) is 4.51. The van der Waals surface area contributed by atoms with Gasteiger partial charge in [0.15, 0.2) is 17.9 Å². The molecule has 34 heavy (non-hydrogen) atoms. The third kappa shape index (κ3) is 5.11. The fourth-order valence-corrected chi connectivity index (χ4v) is 3.78. The number of nitrogens with one attached hydrogen (secondary N) is 2. The van der Waals surface area contributed by atoms with Crippen LogP contribution in [0.5, 0.6) is 0 Å². The predicted molar refractivity (Wildman–Crippen MR) is 126 cm³/mol. The van der Waals surface area contributed by atoms with Crippen LogP contribution in [-0.4, -0.2) is 34.9 Å². The Bertz CT molecular complexity index is 1130. The molecule has 0 unspecified atom stereocenters. The first kappa shape index (κ1) is 23.1. The Hall–Kier alpha value is -4.07. The van der Waals surface area contributed by atoms with Gasteiger partial charge in [-0.2, -0.15) is 0 Å². The molecule has 0 spiro atoms. The quantitative estimate of drug-likeness (QED) is 0.514. The average Bonchev–Trinajstić information content (AvgIpc) is 3.49. The van der Waals surface area contributed by atoms with Crippen molar-refractivity contribution in [1.82, 2.24) is 10.2 Å². The van der Waals surface area contributed by atoms with Gasteiger partial charge in [-0.05, 0) is 48.7 Å². The SMILES string of the molecule is CC[C@H](C)NC(=O)[C@@H]1[C@H](c2ccc(NC(=O)c3ccco3)cc2)OC(=O)N1Cc1ccccc1. The van der Waals surface area contributed by atoms with E-state index in [2.05, 4.69) is 10.6 Å². The van der Waals surface area contributed by atoms with Gasteiger partial charge in [0.05, 0.1) is 12.8 Å². The summed E-state index contributed by atoms with van der Waals surface area (Å²) in [6, 6.07) is 18.7. The second-order valence-electron chi connectivity index (χ2n) is 8.23. The summed E-state index contributed by atoms with van der Waals surface area (Å²) in [6.45, 7) is 4.16. The number of hydrogen-bond donors (Lipinski definition) is 2. The van der Waals surface area contributed by atoms with Crippen LogP contribution in [0.4, 0.5) is 10.5 Å². The number of nitrogens with zero attached hydrogens (tertiary/aromatic N) is 1. The molecule has 176 valence electrons. The Morgan fingerprint density at radius 1 is 1.03 bits per heavy atom. The molecule has 8 heteroatoms. The average molecular weight is 462 g/mol. The minimum absolute atomic E-state index is 0.0402. The zero-order valence-corrected chi connectivity index (χ0v) is 19.1. The van der Waals surface area contributed by atoms with Crippen LogP contribution in [0.15, 0.2) is 77.4 Å². The van der Waals surface area contributed by atoms with Crippen LogP contribution in [0.2, 0.25) is 0 Å². The van der Waals surface area contributed by atoms with E-state index >= 15 is 0 Å². The Kier molecular flexibility index (Phi) is 6.96. The first-order chi connectivity index (χ1) is 16.5. The Morgan fingerprint density at radius 2 is 1.76 bits per heavy atom. The zero-order valence-electron chi connectivity index (χ0n) is 19.1. The molecule has 1 saturated heterocycles. The van der Waals surface area contributed by atoms with E-state index in [-0.39, 0.29) is 30.2 Å². The van der Waals surface area contributed by atoms with Crippen molar-refractivity contribution in [2.24, 2.45) is 0 Å². The molecular weight excluding hydrogens is 434 g/mol. The van der Waals surface area contributed by atoms with Crippen LogP contribution in [0.3, 0.4) is 0 Å². The molecule has 1 aliphatic rings. The summed E-state index contributed by atoms with van der Waals surface area (Å²) in [5.41, 5.74) is 2.11. The highest BCUT2D eigenvalue weighted by Gasteiger charge is 2.47. The maximum absolute atomic E-state index is 13.2. The normalized spacial score (nSPS) is 18.3. The lowest BCUT2D eigenvalue weighted by Gasteiger charge is -2.25. The van der Waals surface area contributed by atoms with E-state index in [0.29, 0.717) is 11.3 Å². The Morgan fingerprint density at radius 3 is 2.41 bits per heavy atom. The van der Waals surface area contributed by atoms with E-state index in [4.69, 9.17) is 9.15 Å². The first-order valence-corrected chi connectivity index (χ1v) is 11.2. The summed E-state index contributed by atoms with van der Waals surface area (Å²) in [7, 11) is 0. The maximum Gasteiger partial charge on any atom is 0.411 e. The summed E-state index contributed by atoms with van der Waals surface area (Å²) in [5.74, 6) is -0.437. The molecule has 3 aromatic rings. The van der Waals surface area contributed by atoms with Crippen molar-refractivity contribution < 1.29 is 23.5 Å². The highest BCUT2D eigenvalue weighted by Crippen LogP contribution is 2.34. The van der Waals surface area contributed by atoms with Gasteiger partial charge in [0, 0.05) is 11.7 Å². The van der Waals surface area contributed by atoms with Gasteiger partial charge in [-0.1, -0.05) is 49.4 Å². The van der Waals surface area contributed by atoms with E-state index in [1.54, 1.807) is 36.4 Å². The standard InChI is InChI=1S/C26H27N3O5/c1-3-17(2)27-25(31)22-23(34-26(32)29(22)16-18-8-5-4-6-9-18)19-11-13-20(14-12-19)28-24(30)21-10-7-15-33-21/h4-15,17,22-23H,3,16H2,1-2H3,(H,27,31)(H,28,30)/t17-,22-,23-/m0/s1. The van der Waals surface area contributed by atoms with E-state index in [0.717, 1.165) is 12.0 Å². The van der Waals surface area contributed by atoms with E-state index < -0.39 is 18.2 Å². The van der Waals surface area contributed by atoms with Crippen LogP contribution in [0, 0.1) is 0 Å². The van der Waals surface area contributed by atoms with Gasteiger partial charge in [0.2, 0.25) is 5.91 Å². The lowest BCUT2D eigenvalue weighted by Crippen LogP contribution is -2.48.